The van der Waals surface area contributed by atoms with E-state index in [2.05, 4.69) is 20.3 Å². The maximum Gasteiger partial charge on any atom is 0.227 e. The highest BCUT2D eigenvalue weighted by molar-refractivity contribution is 5.94. The lowest BCUT2D eigenvalue weighted by Crippen LogP contribution is -2.04. The Labute approximate surface area is 153 Å². The largest absolute Gasteiger partial charge is 0.451 e. The highest BCUT2D eigenvalue weighted by Gasteiger charge is 2.22. The van der Waals surface area contributed by atoms with Crippen molar-refractivity contribution in [2.45, 2.75) is 0 Å². The van der Waals surface area contributed by atoms with Gasteiger partial charge in [0.1, 0.15) is 11.0 Å². The number of benzene rings is 3. The molecular formula is C21H12N4O2. The fourth-order valence-corrected chi connectivity index (χ4v) is 3.31. The minimum atomic E-state index is 0.585. The van der Waals surface area contributed by atoms with Crippen LogP contribution in [0.3, 0.4) is 0 Å². The number of ether oxygens (including phenoxy) is 1. The third kappa shape index (κ3) is 2.17. The van der Waals surface area contributed by atoms with Crippen molar-refractivity contribution in [2.75, 3.05) is 5.32 Å². The number of hydrogen-bond donors (Lipinski definition) is 1. The number of fused-ring (bicyclic) bond motifs is 5. The highest BCUT2D eigenvalue weighted by atomic mass is 16.5. The Kier molecular flexibility index (Phi) is 2.79. The fraction of sp³-hybridized carbons (Fsp3) is 0. The molecule has 0 saturated carbocycles. The summed E-state index contributed by atoms with van der Waals surface area (Å²) in [4.78, 5) is 13.4. The van der Waals surface area contributed by atoms with Crippen molar-refractivity contribution >= 4 is 33.5 Å². The van der Waals surface area contributed by atoms with Gasteiger partial charge in [0.15, 0.2) is 17.1 Å². The van der Waals surface area contributed by atoms with Gasteiger partial charge in [-0.2, -0.15) is 0 Å². The van der Waals surface area contributed by atoms with Crippen LogP contribution in [0.25, 0.3) is 33.6 Å². The first-order valence-corrected chi connectivity index (χ1v) is 8.54. The summed E-state index contributed by atoms with van der Waals surface area (Å²) < 4.78 is 12.1. The summed E-state index contributed by atoms with van der Waals surface area (Å²) in [5.74, 6) is 1.93. The van der Waals surface area contributed by atoms with Crippen molar-refractivity contribution in [3.63, 3.8) is 0 Å². The van der Waals surface area contributed by atoms with E-state index >= 15 is 0 Å². The maximum atomic E-state index is 6.17. The standard InChI is InChI=1S/C21H12N4O2/c1-2-4-12(5-3-1)21-25-16-11-17-15(10-18(16)27-21)24-14-7-6-13-19(20(14)26-17)23-9-8-22-13/h1-11,24H. The Morgan fingerprint density at radius 1 is 0.815 bits per heavy atom. The van der Waals surface area contributed by atoms with Crippen LogP contribution >= 0.6 is 0 Å². The second-order valence-electron chi connectivity index (χ2n) is 6.29. The zero-order valence-electron chi connectivity index (χ0n) is 14.0. The Hall–Kier alpha value is -3.93. The van der Waals surface area contributed by atoms with Gasteiger partial charge in [-0.15, -0.1) is 0 Å². The molecule has 0 saturated heterocycles. The zero-order chi connectivity index (χ0) is 17.8. The molecule has 27 heavy (non-hydrogen) atoms. The van der Waals surface area contributed by atoms with E-state index in [1.54, 1.807) is 12.4 Å². The molecule has 0 atom stereocenters. The van der Waals surface area contributed by atoms with E-state index in [9.17, 15) is 0 Å². The number of hydrogen-bond acceptors (Lipinski definition) is 6. The summed E-state index contributed by atoms with van der Waals surface area (Å²) in [6.07, 6.45) is 3.33. The molecule has 0 aliphatic carbocycles. The van der Waals surface area contributed by atoms with E-state index in [0.29, 0.717) is 23.0 Å². The Morgan fingerprint density at radius 3 is 2.63 bits per heavy atom. The summed E-state index contributed by atoms with van der Waals surface area (Å²) in [6.45, 7) is 0. The van der Waals surface area contributed by atoms with Crippen LogP contribution in [0.4, 0.5) is 11.4 Å². The SMILES string of the molecule is c1ccc(-c2nc3cc4c(cc3o2)Nc2ccc3nccnc3c2O4)cc1. The maximum absolute atomic E-state index is 6.17. The van der Waals surface area contributed by atoms with Crippen LogP contribution in [0.1, 0.15) is 0 Å². The first-order valence-electron chi connectivity index (χ1n) is 8.54. The molecule has 5 aromatic rings. The van der Waals surface area contributed by atoms with E-state index in [1.165, 1.54) is 0 Å². The van der Waals surface area contributed by atoms with Gasteiger partial charge in [-0.1, -0.05) is 18.2 Å². The second kappa shape index (κ2) is 5.28. The molecule has 1 aliphatic heterocycles. The molecule has 1 aliphatic rings. The van der Waals surface area contributed by atoms with Crippen molar-refractivity contribution in [1.82, 2.24) is 15.0 Å². The molecule has 3 aromatic carbocycles. The van der Waals surface area contributed by atoms with E-state index in [0.717, 1.165) is 33.5 Å². The normalized spacial score (nSPS) is 12.3. The van der Waals surface area contributed by atoms with Crippen molar-refractivity contribution in [3.8, 4) is 23.0 Å². The van der Waals surface area contributed by atoms with Crippen molar-refractivity contribution in [2.24, 2.45) is 0 Å². The molecule has 0 fully saturated rings. The summed E-state index contributed by atoms with van der Waals surface area (Å²) in [5.41, 5.74) is 5.56. The molecule has 0 amide bonds. The van der Waals surface area contributed by atoms with Crippen LogP contribution in [0, 0.1) is 0 Å². The molecule has 0 radical (unpaired) electrons. The summed E-state index contributed by atoms with van der Waals surface area (Å²) in [5, 5.41) is 3.39. The van der Waals surface area contributed by atoms with Gasteiger partial charge in [0.25, 0.3) is 0 Å². The predicted octanol–water partition coefficient (Wildman–Crippen LogP) is 5.29. The zero-order valence-corrected chi connectivity index (χ0v) is 14.0. The third-order valence-corrected chi connectivity index (χ3v) is 4.59. The minimum absolute atomic E-state index is 0.585. The van der Waals surface area contributed by atoms with Crippen LogP contribution in [-0.4, -0.2) is 15.0 Å². The monoisotopic (exact) mass is 352 g/mol. The molecule has 0 spiro atoms. The topological polar surface area (TPSA) is 73.1 Å². The Balaban J connectivity index is 1.50. The molecule has 128 valence electrons. The molecule has 0 bridgehead atoms. The predicted molar refractivity (Wildman–Crippen MR) is 102 cm³/mol. The lowest BCUT2D eigenvalue weighted by Gasteiger charge is -2.22. The summed E-state index contributed by atoms with van der Waals surface area (Å²) in [7, 11) is 0. The first-order chi connectivity index (χ1) is 13.3. The lowest BCUT2D eigenvalue weighted by atomic mass is 10.1. The molecule has 2 aromatic heterocycles. The highest BCUT2D eigenvalue weighted by Crippen LogP contribution is 2.46. The summed E-state index contributed by atoms with van der Waals surface area (Å²) >= 11 is 0. The van der Waals surface area contributed by atoms with Gasteiger partial charge < -0.3 is 14.5 Å². The Morgan fingerprint density at radius 2 is 1.70 bits per heavy atom. The van der Waals surface area contributed by atoms with Gasteiger partial charge in [-0.05, 0) is 24.3 Å². The molecule has 6 nitrogen and oxygen atoms in total. The molecule has 3 heterocycles. The number of aromatic nitrogens is 3. The van der Waals surface area contributed by atoms with Crippen LogP contribution in [-0.2, 0) is 0 Å². The van der Waals surface area contributed by atoms with Crippen LogP contribution < -0.4 is 10.1 Å². The van der Waals surface area contributed by atoms with Gasteiger partial charge in [0, 0.05) is 30.1 Å². The summed E-state index contributed by atoms with van der Waals surface area (Å²) in [6, 6.07) is 17.5. The van der Waals surface area contributed by atoms with Gasteiger partial charge in [0.05, 0.1) is 16.9 Å². The quantitative estimate of drug-likeness (QED) is 0.433. The van der Waals surface area contributed by atoms with Crippen molar-refractivity contribution < 1.29 is 9.15 Å². The Bertz CT molecular complexity index is 1330. The van der Waals surface area contributed by atoms with E-state index < -0.39 is 0 Å². The average Bonchev–Trinajstić information content (AvgIpc) is 3.14. The number of nitrogens with zero attached hydrogens (tertiary/aromatic N) is 3. The molecule has 1 N–H and O–H groups in total. The molecule has 6 rings (SSSR count). The van der Waals surface area contributed by atoms with Crippen molar-refractivity contribution in [1.29, 1.82) is 0 Å². The minimum Gasteiger partial charge on any atom is -0.451 e. The number of rotatable bonds is 1. The molecule has 6 heteroatoms. The van der Waals surface area contributed by atoms with Crippen molar-refractivity contribution in [3.05, 3.63) is 67.0 Å². The first kappa shape index (κ1) is 14.3. The van der Waals surface area contributed by atoms with Gasteiger partial charge >= 0.3 is 0 Å². The van der Waals surface area contributed by atoms with Crippen LogP contribution in [0.5, 0.6) is 11.5 Å². The smallest absolute Gasteiger partial charge is 0.227 e. The second-order valence-corrected chi connectivity index (χ2v) is 6.29. The van der Waals surface area contributed by atoms with E-state index in [4.69, 9.17) is 9.15 Å². The van der Waals surface area contributed by atoms with Gasteiger partial charge in [0.2, 0.25) is 5.89 Å². The van der Waals surface area contributed by atoms with Crippen LogP contribution in [0.2, 0.25) is 0 Å². The number of nitrogens with one attached hydrogen (secondary N) is 1. The molecular weight excluding hydrogens is 340 g/mol. The molecule has 0 unspecified atom stereocenters. The van der Waals surface area contributed by atoms with Gasteiger partial charge in [-0.3, -0.25) is 4.98 Å². The average molecular weight is 352 g/mol. The van der Waals surface area contributed by atoms with Crippen LogP contribution in [0.15, 0.2) is 71.4 Å². The fourth-order valence-electron chi connectivity index (χ4n) is 3.31. The number of oxazole rings is 1. The van der Waals surface area contributed by atoms with Gasteiger partial charge in [-0.25, -0.2) is 9.97 Å². The number of anilines is 2. The third-order valence-electron chi connectivity index (χ3n) is 4.59. The van der Waals surface area contributed by atoms with E-state index in [1.807, 2.05) is 54.6 Å². The van der Waals surface area contributed by atoms with E-state index in [-0.39, 0.29) is 0 Å². The lowest BCUT2D eigenvalue weighted by molar-refractivity contribution is 0.486.